The summed E-state index contributed by atoms with van der Waals surface area (Å²) in [5, 5.41) is 4.27. The van der Waals surface area contributed by atoms with Gasteiger partial charge < -0.3 is 14.8 Å². The average Bonchev–Trinajstić information content (AvgIpc) is 2.79. The van der Waals surface area contributed by atoms with Crippen LogP contribution in [-0.2, 0) is 11.3 Å². The molecular weight excluding hydrogens is 388 g/mol. The van der Waals surface area contributed by atoms with E-state index in [4.69, 9.17) is 9.47 Å². The molecule has 4 rings (SSSR count). The molecule has 4 aromatic rings. The summed E-state index contributed by atoms with van der Waals surface area (Å²) in [4.78, 5) is 17.1. The van der Waals surface area contributed by atoms with Crippen LogP contribution in [0.5, 0.6) is 5.75 Å². The molecule has 0 atom stereocenters. The Kier molecular flexibility index (Phi) is 6.13. The minimum absolute atomic E-state index is 0.293. The maximum atomic E-state index is 12.6. The van der Waals surface area contributed by atoms with Crippen molar-refractivity contribution in [2.24, 2.45) is 0 Å². The number of rotatable bonds is 7. The Balaban J connectivity index is 1.73. The summed E-state index contributed by atoms with van der Waals surface area (Å²) in [5.41, 5.74) is 4.75. The first-order chi connectivity index (χ1) is 15.2. The fourth-order valence-electron chi connectivity index (χ4n) is 3.37. The lowest BCUT2D eigenvalue weighted by atomic mass is 10.1. The second-order valence-corrected chi connectivity index (χ2v) is 7.18. The molecule has 0 bridgehead atoms. The number of aryl methyl sites for hydroxylation is 1. The number of ether oxygens (including phenoxy) is 2. The van der Waals surface area contributed by atoms with Crippen molar-refractivity contribution in [2.75, 3.05) is 11.9 Å². The molecule has 1 aromatic heterocycles. The monoisotopic (exact) mass is 412 g/mol. The van der Waals surface area contributed by atoms with Crippen LogP contribution >= 0.6 is 0 Å². The van der Waals surface area contributed by atoms with Crippen LogP contribution in [0.25, 0.3) is 10.9 Å². The maximum Gasteiger partial charge on any atom is 0.341 e. The number of hydrogen-bond donors (Lipinski definition) is 1. The number of hydrogen-bond acceptors (Lipinski definition) is 5. The molecule has 0 unspecified atom stereocenters. The molecular formula is C26H24N2O3. The average molecular weight is 412 g/mol. The van der Waals surface area contributed by atoms with Gasteiger partial charge in [0, 0.05) is 11.6 Å². The normalized spacial score (nSPS) is 10.6. The van der Waals surface area contributed by atoms with Crippen molar-refractivity contribution in [1.29, 1.82) is 0 Å². The van der Waals surface area contributed by atoms with Crippen LogP contribution in [0.1, 0.15) is 28.4 Å². The number of fused-ring (bicyclic) bond motifs is 1. The first-order valence-corrected chi connectivity index (χ1v) is 10.2. The molecule has 156 valence electrons. The number of pyridine rings is 1. The number of carbonyl (C=O) groups excluding carboxylic acids is 1. The molecule has 0 saturated heterocycles. The first-order valence-electron chi connectivity index (χ1n) is 10.2. The highest BCUT2D eigenvalue weighted by Gasteiger charge is 2.18. The molecule has 1 N–H and O–H groups in total. The second-order valence-electron chi connectivity index (χ2n) is 7.18. The van der Waals surface area contributed by atoms with Gasteiger partial charge in [0.1, 0.15) is 17.9 Å². The van der Waals surface area contributed by atoms with Crippen molar-refractivity contribution in [1.82, 2.24) is 4.98 Å². The van der Waals surface area contributed by atoms with E-state index in [0.29, 0.717) is 30.2 Å². The van der Waals surface area contributed by atoms with Gasteiger partial charge in [-0.25, -0.2) is 4.79 Å². The van der Waals surface area contributed by atoms with Crippen molar-refractivity contribution < 1.29 is 14.3 Å². The van der Waals surface area contributed by atoms with Gasteiger partial charge in [-0.1, -0.05) is 54.1 Å². The molecule has 0 aliphatic heterocycles. The number of para-hydroxylation sites is 2. The Morgan fingerprint density at radius 3 is 2.58 bits per heavy atom. The molecule has 31 heavy (non-hydrogen) atoms. The van der Waals surface area contributed by atoms with Crippen molar-refractivity contribution in [3.05, 3.63) is 95.7 Å². The second kappa shape index (κ2) is 9.30. The summed E-state index contributed by atoms with van der Waals surface area (Å²) >= 11 is 0. The van der Waals surface area contributed by atoms with E-state index >= 15 is 0 Å². The van der Waals surface area contributed by atoms with Gasteiger partial charge in [-0.2, -0.15) is 0 Å². The molecule has 5 nitrogen and oxygen atoms in total. The minimum Gasteiger partial charge on any atom is -0.487 e. The zero-order valence-corrected chi connectivity index (χ0v) is 17.6. The van der Waals surface area contributed by atoms with E-state index in [0.717, 1.165) is 27.7 Å². The summed E-state index contributed by atoms with van der Waals surface area (Å²) in [7, 11) is 0. The molecule has 0 amide bonds. The zero-order valence-electron chi connectivity index (χ0n) is 17.6. The van der Waals surface area contributed by atoms with Crippen molar-refractivity contribution in [3.8, 4) is 5.75 Å². The first kappa shape index (κ1) is 20.4. The smallest absolute Gasteiger partial charge is 0.341 e. The molecule has 5 heteroatoms. The van der Waals surface area contributed by atoms with Gasteiger partial charge in [-0.05, 0) is 43.7 Å². The van der Waals surface area contributed by atoms with Gasteiger partial charge in [0.15, 0.2) is 0 Å². The highest BCUT2D eigenvalue weighted by Crippen LogP contribution is 2.34. The lowest BCUT2D eigenvalue weighted by Gasteiger charge is -2.17. The summed E-state index contributed by atoms with van der Waals surface area (Å²) < 4.78 is 11.4. The molecule has 0 fully saturated rings. The predicted molar refractivity (Wildman–Crippen MR) is 123 cm³/mol. The molecule has 0 radical (unpaired) electrons. The maximum absolute atomic E-state index is 12.6. The number of aromatic nitrogens is 1. The van der Waals surface area contributed by atoms with E-state index in [1.165, 1.54) is 0 Å². The summed E-state index contributed by atoms with van der Waals surface area (Å²) in [5.74, 6) is 0.280. The fourth-order valence-corrected chi connectivity index (χ4v) is 3.37. The highest BCUT2D eigenvalue weighted by atomic mass is 16.5. The number of benzene rings is 3. The standard InChI is InChI=1S/C26H24N2O3/c1-3-30-26(29)21-16-27-22-14-13-18(2)15-20(22)25(21)28-23-11-7-8-12-24(23)31-17-19-9-5-4-6-10-19/h4-16H,3,17H2,1-2H3,(H,27,28). The van der Waals surface area contributed by atoms with E-state index in [1.807, 2.05) is 79.7 Å². The summed E-state index contributed by atoms with van der Waals surface area (Å²) in [6.07, 6.45) is 1.56. The van der Waals surface area contributed by atoms with Crippen LogP contribution in [0.15, 0.2) is 79.0 Å². The largest absolute Gasteiger partial charge is 0.487 e. The Morgan fingerprint density at radius 2 is 1.77 bits per heavy atom. The molecule has 0 aliphatic carbocycles. The number of esters is 1. The van der Waals surface area contributed by atoms with Gasteiger partial charge in [0.05, 0.1) is 23.5 Å². The van der Waals surface area contributed by atoms with Crippen molar-refractivity contribution in [2.45, 2.75) is 20.5 Å². The van der Waals surface area contributed by atoms with Gasteiger partial charge in [-0.3, -0.25) is 4.98 Å². The molecule has 1 heterocycles. The lowest BCUT2D eigenvalue weighted by Crippen LogP contribution is -2.10. The van der Waals surface area contributed by atoms with Gasteiger partial charge in [-0.15, -0.1) is 0 Å². The third-order valence-electron chi connectivity index (χ3n) is 4.90. The van der Waals surface area contributed by atoms with E-state index in [2.05, 4.69) is 10.3 Å². The molecule has 0 saturated carbocycles. The number of anilines is 2. The molecule has 0 spiro atoms. The Hall–Kier alpha value is -3.86. The number of carbonyl (C=O) groups is 1. The van der Waals surface area contributed by atoms with Crippen LogP contribution in [-0.4, -0.2) is 17.6 Å². The van der Waals surface area contributed by atoms with Crippen LogP contribution in [0, 0.1) is 6.92 Å². The van der Waals surface area contributed by atoms with Gasteiger partial charge in [0.2, 0.25) is 0 Å². The quantitative estimate of drug-likeness (QED) is 0.375. The van der Waals surface area contributed by atoms with Gasteiger partial charge in [0.25, 0.3) is 0 Å². The van der Waals surface area contributed by atoms with Crippen molar-refractivity contribution >= 4 is 28.2 Å². The minimum atomic E-state index is -0.413. The summed E-state index contributed by atoms with van der Waals surface area (Å²) in [6.45, 7) is 4.54. The zero-order chi connectivity index (χ0) is 21.6. The molecule has 3 aromatic carbocycles. The SMILES string of the molecule is CCOC(=O)c1cnc2ccc(C)cc2c1Nc1ccccc1OCc1ccccc1. The van der Waals surface area contributed by atoms with Crippen molar-refractivity contribution in [3.63, 3.8) is 0 Å². The Morgan fingerprint density at radius 1 is 1.00 bits per heavy atom. The van der Waals surface area contributed by atoms with E-state index in [1.54, 1.807) is 13.1 Å². The number of nitrogens with zero attached hydrogens (tertiary/aromatic N) is 1. The number of nitrogens with one attached hydrogen (secondary N) is 1. The highest BCUT2D eigenvalue weighted by molar-refractivity contribution is 6.06. The van der Waals surface area contributed by atoms with Crippen LogP contribution in [0.2, 0.25) is 0 Å². The van der Waals surface area contributed by atoms with E-state index in [-0.39, 0.29) is 0 Å². The Bertz CT molecular complexity index is 1210. The topological polar surface area (TPSA) is 60.5 Å². The van der Waals surface area contributed by atoms with E-state index < -0.39 is 5.97 Å². The third kappa shape index (κ3) is 4.67. The van der Waals surface area contributed by atoms with Crippen LogP contribution < -0.4 is 10.1 Å². The molecule has 0 aliphatic rings. The summed E-state index contributed by atoms with van der Waals surface area (Å²) in [6, 6.07) is 23.6. The lowest BCUT2D eigenvalue weighted by molar-refractivity contribution is 0.0527. The third-order valence-corrected chi connectivity index (χ3v) is 4.90. The van der Waals surface area contributed by atoms with Gasteiger partial charge >= 0.3 is 5.97 Å². The predicted octanol–water partition coefficient (Wildman–Crippen LogP) is 6.04. The van der Waals surface area contributed by atoms with Crippen LogP contribution in [0.3, 0.4) is 0 Å². The van der Waals surface area contributed by atoms with Crippen LogP contribution in [0.4, 0.5) is 11.4 Å². The Labute approximate surface area is 181 Å². The van der Waals surface area contributed by atoms with E-state index in [9.17, 15) is 4.79 Å². The fraction of sp³-hybridized carbons (Fsp3) is 0.154.